The highest BCUT2D eigenvalue weighted by atomic mass is 32.1. The molecule has 0 unspecified atom stereocenters. The van der Waals surface area contributed by atoms with E-state index in [0.717, 1.165) is 26.1 Å². The van der Waals surface area contributed by atoms with Crippen LogP contribution < -0.4 is 10.2 Å². The summed E-state index contributed by atoms with van der Waals surface area (Å²) < 4.78 is 13.7. The fraction of sp³-hybridized carbons (Fsp3) is 0.375. The standard InChI is InChI=1S/C16H21FN2S/c1-3-10-18-11-13-8-9-14(20-13)12-19(2)16-7-5-4-6-15(16)17/h4-9,18H,3,10-12H2,1-2H3. The van der Waals surface area contributed by atoms with Crippen LogP contribution in [0.4, 0.5) is 10.1 Å². The fourth-order valence-corrected chi connectivity index (χ4v) is 3.11. The Kier molecular flexibility index (Phi) is 5.56. The van der Waals surface area contributed by atoms with Gasteiger partial charge in [-0.25, -0.2) is 4.39 Å². The monoisotopic (exact) mass is 292 g/mol. The van der Waals surface area contributed by atoms with E-state index < -0.39 is 0 Å². The first-order valence-corrected chi connectivity index (χ1v) is 7.76. The van der Waals surface area contributed by atoms with Crippen LogP contribution in [0.25, 0.3) is 0 Å². The first kappa shape index (κ1) is 15.0. The quantitative estimate of drug-likeness (QED) is 0.775. The number of nitrogens with one attached hydrogen (secondary N) is 1. The molecule has 0 spiro atoms. The van der Waals surface area contributed by atoms with E-state index in [1.54, 1.807) is 17.4 Å². The molecule has 0 bridgehead atoms. The number of hydrogen-bond donors (Lipinski definition) is 1. The molecule has 0 saturated heterocycles. The summed E-state index contributed by atoms with van der Waals surface area (Å²) in [7, 11) is 1.92. The summed E-state index contributed by atoms with van der Waals surface area (Å²) in [6.45, 7) is 4.86. The van der Waals surface area contributed by atoms with E-state index in [2.05, 4.69) is 24.4 Å². The molecule has 1 aromatic carbocycles. The Morgan fingerprint density at radius 2 is 1.90 bits per heavy atom. The van der Waals surface area contributed by atoms with Crippen molar-refractivity contribution < 1.29 is 4.39 Å². The molecule has 0 amide bonds. The lowest BCUT2D eigenvalue weighted by molar-refractivity contribution is 0.622. The number of rotatable bonds is 7. The van der Waals surface area contributed by atoms with E-state index in [0.29, 0.717) is 5.69 Å². The molecule has 1 heterocycles. The zero-order valence-corrected chi connectivity index (χ0v) is 12.8. The smallest absolute Gasteiger partial charge is 0.146 e. The third-order valence-electron chi connectivity index (χ3n) is 3.10. The Bertz CT molecular complexity index is 539. The molecule has 0 fully saturated rings. The highest BCUT2D eigenvalue weighted by Crippen LogP contribution is 2.23. The van der Waals surface area contributed by atoms with E-state index in [9.17, 15) is 4.39 Å². The van der Waals surface area contributed by atoms with Crippen molar-refractivity contribution in [3.63, 3.8) is 0 Å². The summed E-state index contributed by atoms with van der Waals surface area (Å²) in [5.41, 5.74) is 0.645. The van der Waals surface area contributed by atoms with Gasteiger partial charge in [0.15, 0.2) is 0 Å². The summed E-state index contributed by atoms with van der Waals surface area (Å²) in [6.07, 6.45) is 1.15. The molecule has 4 heteroatoms. The number of nitrogens with zero attached hydrogens (tertiary/aromatic N) is 1. The van der Waals surface area contributed by atoms with Crippen molar-refractivity contribution in [1.29, 1.82) is 0 Å². The van der Waals surface area contributed by atoms with Gasteiger partial charge in [-0.2, -0.15) is 0 Å². The molecule has 1 aromatic heterocycles. The fourth-order valence-electron chi connectivity index (χ4n) is 2.07. The summed E-state index contributed by atoms with van der Waals surface area (Å²) in [6, 6.07) is 11.2. The van der Waals surface area contributed by atoms with E-state index in [4.69, 9.17) is 0 Å². The van der Waals surface area contributed by atoms with Crippen molar-refractivity contribution >= 4 is 17.0 Å². The molecule has 2 nitrogen and oxygen atoms in total. The maximum Gasteiger partial charge on any atom is 0.146 e. The summed E-state index contributed by atoms with van der Waals surface area (Å²) >= 11 is 1.79. The number of thiophene rings is 1. The second kappa shape index (κ2) is 7.41. The maximum atomic E-state index is 13.7. The van der Waals surface area contributed by atoms with Crippen LogP contribution in [-0.2, 0) is 13.1 Å². The van der Waals surface area contributed by atoms with Gasteiger partial charge in [0.05, 0.1) is 12.2 Å². The van der Waals surface area contributed by atoms with Crippen molar-refractivity contribution in [3.8, 4) is 0 Å². The highest BCUT2D eigenvalue weighted by Gasteiger charge is 2.08. The van der Waals surface area contributed by atoms with Crippen molar-refractivity contribution in [2.75, 3.05) is 18.5 Å². The van der Waals surface area contributed by atoms with Gasteiger partial charge in [-0.3, -0.25) is 0 Å². The van der Waals surface area contributed by atoms with Gasteiger partial charge in [-0.1, -0.05) is 19.1 Å². The topological polar surface area (TPSA) is 15.3 Å². The third-order valence-corrected chi connectivity index (χ3v) is 4.17. The van der Waals surface area contributed by atoms with Crippen molar-refractivity contribution in [1.82, 2.24) is 5.32 Å². The lowest BCUT2D eigenvalue weighted by Crippen LogP contribution is -2.16. The van der Waals surface area contributed by atoms with Crippen LogP contribution in [0.1, 0.15) is 23.1 Å². The van der Waals surface area contributed by atoms with E-state index in [1.807, 2.05) is 24.1 Å². The van der Waals surface area contributed by atoms with Gasteiger partial charge < -0.3 is 10.2 Å². The average Bonchev–Trinajstić information content (AvgIpc) is 2.87. The Morgan fingerprint density at radius 3 is 2.65 bits per heavy atom. The van der Waals surface area contributed by atoms with Gasteiger partial charge in [-0.05, 0) is 37.2 Å². The largest absolute Gasteiger partial charge is 0.367 e. The molecule has 108 valence electrons. The molecule has 2 aromatic rings. The molecule has 0 radical (unpaired) electrons. The number of halogens is 1. The molecular weight excluding hydrogens is 271 g/mol. The third kappa shape index (κ3) is 4.05. The SMILES string of the molecule is CCCNCc1ccc(CN(C)c2ccccc2F)s1. The molecular formula is C16H21FN2S. The Morgan fingerprint density at radius 1 is 1.15 bits per heavy atom. The predicted octanol–water partition coefficient (Wildman–Crippen LogP) is 4.02. The van der Waals surface area contributed by atoms with Gasteiger partial charge in [0.25, 0.3) is 0 Å². The predicted molar refractivity (Wildman–Crippen MR) is 84.8 cm³/mol. The van der Waals surface area contributed by atoms with Crippen molar-refractivity contribution in [2.45, 2.75) is 26.4 Å². The van der Waals surface area contributed by atoms with Gasteiger partial charge in [0.1, 0.15) is 5.82 Å². The average molecular weight is 292 g/mol. The van der Waals surface area contributed by atoms with Crippen LogP contribution >= 0.6 is 11.3 Å². The van der Waals surface area contributed by atoms with E-state index in [1.165, 1.54) is 15.8 Å². The van der Waals surface area contributed by atoms with Crippen LogP contribution in [-0.4, -0.2) is 13.6 Å². The number of para-hydroxylation sites is 1. The molecule has 0 aliphatic rings. The normalized spacial score (nSPS) is 10.8. The molecule has 0 aliphatic heterocycles. The van der Waals surface area contributed by atoms with Crippen LogP contribution in [0.3, 0.4) is 0 Å². The van der Waals surface area contributed by atoms with E-state index in [-0.39, 0.29) is 5.82 Å². The minimum Gasteiger partial charge on any atom is -0.367 e. The highest BCUT2D eigenvalue weighted by molar-refractivity contribution is 7.12. The molecule has 0 aliphatic carbocycles. The van der Waals surface area contributed by atoms with Crippen LogP contribution in [0, 0.1) is 5.82 Å². The number of hydrogen-bond acceptors (Lipinski definition) is 3. The molecule has 0 atom stereocenters. The lowest BCUT2D eigenvalue weighted by Gasteiger charge is -2.18. The minimum atomic E-state index is -0.170. The van der Waals surface area contributed by atoms with Crippen LogP contribution in [0.2, 0.25) is 0 Å². The summed E-state index contributed by atoms with van der Waals surface area (Å²) in [4.78, 5) is 4.53. The minimum absolute atomic E-state index is 0.170. The Labute approximate surface area is 124 Å². The van der Waals surface area contributed by atoms with Gasteiger partial charge in [0, 0.05) is 23.3 Å². The maximum absolute atomic E-state index is 13.7. The van der Waals surface area contributed by atoms with Gasteiger partial charge >= 0.3 is 0 Å². The molecule has 1 N–H and O–H groups in total. The summed E-state index contributed by atoms with van der Waals surface area (Å²) in [5, 5.41) is 3.40. The van der Waals surface area contributed by atoms with Crippen molar-refractivity contribution in [2.24, 2.45) is 0 Å². The molecule has 2 rings (SSSR count). The van der Waals surface area contributed by atoms with Crippen molar-refractivity contribution in [3.05, 3.63) is 52.0 Å². The van der Waals surface area contributed by atoms with Crippen LogP contribution in [0.5, 0.6) is 0 Å². The zero-order valence-electron chi connectivity index (χ0n) is 12.0. The molecule has 0 saturated carbocycles. The second-order valence-electron chi connectivity index (χ2n) is 4.85. The Hall–Kier alpha value is -1.39. The first-order chi connectivity index (χ1) is 9.70. The number of anilines is 1. The second-order valence-corrected chi connectivity index (χ2v) is 6.11. The summed E-state index contributed by atoms with van der Waals surface area (Å²) in [5.74, 6) is -0.170. The molecule has 20 heavy (non-hydrogen) atoms. The lowest BCUT2D eigenvalue weighted by atomic mass is 10.3. The van der Waals surface area contributed by atoms with Gasteiger partial charge in [0.2, 0.25) is 0 Å². The number of benzene rings is 1. The zero-order chi connectivity index (χ0) is 14.4. The van der Waals surface area contributed by atoms with E-state index >= 15 is 0 Å². The van der Waals surface area contributed by atoms with Gasteiger partial charge in [-0.15, -0.1) is 11.3 Å². The van der Waals surface area contributed by atoms with Crippen LogP contribution in [0.15, 0.2) is 36.4 Å². The first-order valence-electron chi connectivity index (χ1n) is 6.94. The Balaban J connectivity index is 1.95.